The van der Waals surface area contributed by atoms with Crippen molar-refractivity contribution in [2.75, 3.05) is 19.7 Å². The molecule has 0 fully saturated rings. The lowest BCUT2D eigenvalue weighted by atomic mass is 10.3. The van der Waals surface area contributed by atoms with E-state index in [0.29, 0.717) is 0 Å². The van der Waals surface area contributed by atoms with Crippen LogP contribution in [-0.4, -0.2) is 48.7 Å². The Morgan fingerprint density at radius 2 is 1.56 bits per heavy atom. The van der Waals surface area contributed by atoms with E-state index in [0.717, 1.165) is 12.2 Å². The standard InChI is InChI=1S/C11H16N2O5/c1-3-9(14)12-5-8(18-7-11(16)17)6-13-10(15)4-2/h3-4,8H,1-2,5-7H2,(H,12,14)(H,13,15)(H,16,17). The van der Waals surface area contributed by atoms with E-state index in [2.05, 4.69) is 23.8 Å². The number of carboxylic acid groups (broad SMARTS) is 1. The zero-order valence-electron chi connectivity index (χ0n) is 9.85. The van der Waals surface area contributed by atoms with E-state index in [-0.39, 0.29) is 13.1 Å². The van der Waals surface area contributed by atoms with Gasteiger partial charge in [-0.3, -0.25) is 9.59 Å². The molecule has 0 rings (SSSR count). The summed E-state index contributed by atoms with van der Waals surface area (Å²) in [6.45, 7) is 6.16. The van der Waals surface area contributed by atoms with Crippen molar-refractivity contribution in [2.45, 2.75) is 6.10 Å². The molecule has 7 nitrogen and oxygen atoms in total. The molecule has 2 amide bonds. The Morgan fingerprint density at radius 3 is 1.89 bits per heavy atom. The van der Waals surface area contributed by atoms with E-state index in [1.54, 1.807) is 0 Å². The van der Waals surface area contributed by atoms with Crippen molar-refractivity contribution in [3.8, 4) is 0 Å². The fourth-order valence-corrected chi connectivity index (χ4v) is 0.952. The van der Waals surface area contributed by atoms with Crippen LogP contribution < -0.4 is 10.6 Å². The van der Waals surface area contributed by atoms with Gasteiger partial charge in [-0.25, -0.2) is 4.79 Å². The highest BCUT2D eigenvalue weighted by molar-refractivity contribution is 5.87. The third-order valence-electron chi connectivity index (χ3n) is 1.82. The summed E-state index contributed by atoms with van der Waals surface area (Å²) in [5.74, 6) is -1.95. The lowest BCUT2D eigenvalue weighted by Gasteiger charge is -2.17. The summed E-state index contributed by atoms with van der Waals surface area (Å²) in [5.41, 5.74) is 0. The molecule has 7 heteroatoms. The van der Waals surface area contributed by atoms with Gasteiger partial charge in [0.05, 0.1) is 6.10 Å². The number of aliphatic carboxylic acids is 1. The summed E-state index contributed by atoms with van der Waals surface area (Å²) >= 11 is 0. The van der Waals surface area contributed by atoms with Crippen molar-refractivity contribution in [2.24, 2.45) is 0 Å². The highest BCUT2D eigenvalue weighted by Gasteiger charge is 2.12. The maximum Gasteiger partial charge on any atom is 0.329 e. The molecule has 0 bridgehead atoms. The first-order chi connectivity index (χ1) is 8.49. The van der Waals surface area contributed by atoms with E-state index in [9.17, 15) is 14.4 Å². The molecule has 0 heterocycles. The highest BCUT2D eigenvalue weighted by Crippen LogP contribution is 1.90. The molecule has 0 saturated heterocycles. The van der Waals surface area contributed by atoms with Crippen molar-refractivity contribution in [1.82, 2.24) is 10.6 Å². The second kappa shape index (κ2) is 8.94. The molecule has 0 aromatic rings. The molecule has 18 heavy (non-hydrogen) atoms. The van der Waals surface area contributed by atoms with Crippen LogP contribution in [0.15, 0.2) is 25.3 Å². The minimum absolute atomic E-state index is 0.0650. The summed E-state index contributed by atoms with van der Waals surface area (Å²) in [5, 5.41) is 13.4. The van der Waals surface area contributed by atoms with Gasteiger partial charge in [-0.05, 0) is 12.2 Å². The second-order valence-electron chi connectivity index (χ2n) is 3.23. The van der Waals surface area contributed by atoms with Crippen molar-refractivity contribution in [3.05, 3.63) is 25.3 Å². The quantitative estimate of drug-likeness (QED) is 0.462. The van der Waals surface area contributed by atoms with Gasteiger partial charge >= 0.3 is 5.97 Å². The Bertz CT molecular complexity index is 316. The fraction of sp³-hybridized carbons (Fsp3) is 0.364. The topological polar surface area (TPSA) is 105 Å². The monoisotopic (exact) mass is 256 g/mol. The first kappa shape index (κ1) is 15.9. The molecule has 0 radical (unpaired) electrons. The van der Waals surface area contributed by atoms with E-state index in [4.69, 9.17) is 9.84 Å². The molecule has 0 aliphatic rings. The first-order valence-corrected chi connectivity index (χ1v) is 5.13. The predicted molar refractivity (Wildman–Crippen MR) is 63.8 cm³/mol. The molecule has 100 valence electrons. The van der Waals surface area contributed by atoms with Gasteiger partial charge in [0.15, 0.2) is 0 Å². The molecule has 0 aliphatic carbocycles. The van der Waals surface area contributed by atoms with Gasteiger partial charge in [0.2, 0.25) is 11.8 Å². The lowest BCUT2D eigenvalue weighted by Crippen LogP contribution is -2.41. The third kappa shape index (κ3) is 8.05. The van der Waals surface area contributed by atoms with Crippen LogP contribution in [0.1, 0.15) is 0 Å². The van der Waals surface area contributed by atoms with Crippen LogP contribution in [0.3, 0.4) is 0 Å². The number of nitrogens with one attached hydrogen (secondary N) is 2. The van der Waals surface area contributed by atoms with Crippen molar-refractivity contribution >= 4 is 17.8 Å². The molecule has 3 N–H and O–H groups in total. The summed E-state index contributed by atoms with van der Waals surface area (Å²) < 4.78 is 5.00. The Kier molecular flexibility index (Phi) is 7.87. The molecule has 0 aromatic carbocycles. The minimum atomic E-state index is -1.13. The molecule has 0 unspecified atom stereocenters. The molecular weight excluding hydrogens is 240 g/mol. The Hall–Kier alpha value is -2.15. The molecule has 0 spiro atoms. The number of rotatable bonds is 9. The second-order valence-corrected chi connectivity index (χ2v) is 3.23. The van der Waals surface area contributed by atoms with Crippen LogP contribution in [-0.2, 0) is 19.1 Å². The molecule has 0 atom stereocenters. The normalized spacial score (nSPS) is 9.61. The van der Waals surface area contributed by atoms with Crippen LogP contribution in [0.2, 0.25) is 0 Å². The summed E-state index contributed by atoms with van der Waals surface area (Å²) in [6, 6.07) is 0. The molecule has 0 aliphatic heterocycles. The van der Waals surface area contributed by atoms with Crippen LogP contribution in [0.5, 0.6) is 0 Å². The van der Waals surface area contributed by atoms with Gasteiger partial charge < -0.3 is 20.5 Å². The van der Waals surface area contributed by atoms with Crippen molar-refractivity contribution < 1.29 is 24.2 Å². The van der Waals surface area contributed by atoms with Gasteiger partial charge in [0, 0.05) is 13.1 Å². The number of hydrogen-bond acceptors (Lipinski definition) is 4. The zero-order chi connectivity index (χ0) is 14.0. The Balaban J connectivity index is 4.18. The van der Waals surface area contributed by atoms with E-state index >= 15 is 0 Å². The molecular formula is C11H16N2O5. The Labute approximate surface area is 105 Å². The van der Waals surface area contributed by atoms with Crippen LogP contribution in [0.4, 0.5) is 0 Å². The fourth-order valence-electron chi connectivity index (χ4n) is 0.952. The number of amides is 2. The summed E-state index contributed by atoms with van der Waals surface area (Å²) in [7, 11) is 0. The van der Waals surface area contributed by atoms with Crippen LogP contribution in [0, 0.1) is 0 Å². The smallest absolute Gasteiger partial charge is 0.329 e. The predicted octanol–water partition coefficient (Wildman–Crippen LogP) is -0.939. The van der Waals surface area contributed by atoms with Gasteiger partial charge in [0.1, 0.15) is 6.61 Å². The van der Waals surface area contributed by atoms with Gasteiger partial charge in [-0.15, -0.1) is 0 Å². The third-order valence-corrected chi connectivity index (χ3v) is 1.82. The number of hydrogen-bond donors (Lipinski definition) is 3. The van der Waals surface area contributed by atoms with Gasteiger partial charge in [0.25, 0.3) is 0 Å². The van der Waals surface area contributed by atoms with E-state index in [1.165, 1.54) is 0 Å². The van der Waals surface area contributed by atoms with Crippen molar-refractivity contribution in [3.63, 3.8) is 0 Å². The van der Waals surface area contributed by atoms with Gasteiger partial charge in [-0.2, -0.15) is 0 Å². The number of carboxylic acids is 1. The Morgan fingerprint density at radius 1 is 1.11 bits per heavy atom. The highest BCUT2D eigenvalue weighted by atomic mass is 16.5. The number of carbonyl (C=O) groups is 3. The van der Waals surface area contributed by atoms with E-state index < -0.39 is 30.5 Å². The summed E-state index contributed by atoms with van der Waals surface area (Å²) in [6.07, 6.45) is 1.52. The largest absolute Gasteiger partial charge is 0.480 e. The summed E-state index contributed by atoms with van der Waals surface area (Å²) in [4.78, 5) is 32.2. The zero-order valence-corrected chi connectivity index (χ0v) is 9.85. The number of ether oxygens (including phenoxy) is 1. The average Bonchev–Trinajstić information content (AvgIpc) is 2.36. The average molecular weight is 256 g/mol. The maximum atomic E-state index is 10.9. The minimum Gasteiger partial charge on any atom is -0.480 e. The molecule has 0 saturated carbocycles. The van der Waals surface area contributed by atoms with E-state index in [1.807, 2.05) is 0 Å². The molecule has 0 aromatic heterocycles. The van der Waals surface area contributed by atoms with Crippen LogP contribution >= 0.6 is 0 Å². The maximum absolute atomic E-state index is 10.9. The lowest BCUT2D eigenvalue weighted by molar-refractivity contribution is -0.144. The number of carbonyl (C=O) groups excluding carboxylic acids is 2. The first-order valence-electron chi connectivity index (χ1n) is 5.13. The van der Waals surface area contributed by atoms with Crippen LogP contribution in [0.25, 0.3) is 0 Å². The SMILES string of the molecule is C=CC(=O)NCC(CNC(=O)C=C)OCC(=O)O. The van der Waals surface area contributed by atoms with Crippen molar-refractivity contribution in [1.29, 1.82) is 0 Å². The van der Waals surface area contributed by atoms with Gasteiger partial charge in [-0.1, -0.05) is 13.2 Å².